The number of carbonyl (C=O) groups excluding carboxylic acids is 1. The van der Waals surface area contributed by atoms with Crippen LogP contribution in [0.25, 0.3) is 0 Å². The Kier molecular flexibility index (Phi) is 4.69. The van der Waals surface area contributed by atoms with Gasteiger partial charge < -0.3 is 10.8 Å². The lowest BCUT2D eigenvalue weighted by atomic mass is 10.2. The number of nitro groups is 1. The first-order chi connectivity index (χ1) is 8.32. The second-order valence-electron chi connectivity index (χ2n) is 3.87. The molecule has 2 unspecified atom stereocenters. The Balaban J connectivity index is 3.12. The van der Waals surface area contributed by atoms with Gasteiger partial charge in [0, 0.05) is 16.9 Å². The lowest BCUT2D eigenvalue weighted by molar-refractivity contribution is -0.387. The number of aliphatic hydroxyl groups is 1. The van der Waals surface area contributed by atoms with E-state index < -0.39 is 16.9 Å². The van der Waals surface area contributed by atoms with Crippen molar-refractivity contribution in [2.45, 2.75) is 30.1 Å². The Labute approximate surface area is 108 Å². The van der Waals surface area contributed by atoms with Crippen LogP contribution in [0.5, 0.6) is 0 Å². The summed E-state index contributed by atoms with van der Waals surface area (Å²) in [6, 6.07) is 4.06. The molecule has 0 aromatic heterocycles. The number of thioether (sulfide) groups is 1. The van der Waals surface area contributed by atoms with Crippen LogP contribution in [0.1, 0.15) is 24.2 Å². The molecule has 0 saturated carbocycles. The van der Waals surface area contributed by atoms with Gasteiger partial charge in [-0.15, -0.1) is 11.8 Å². The highest BCUT2D eigenvalue weighted by molar-refractivity contribution is 8.00. The first kappa shape index (κ1) is 14.5. The molecule has 0 fully saturated rings. The summed E-state index contributed by atoms with van der Waals surface area (Å²) in [6.07, 6.45) is -0.592. The van der Waals surface area contributed by atoms with Crippen LogP contribution in [0, 0.1) is 10.1 Å². The third kappa shape index (κ3) is 3.44. The number of nitro benzene ring substituents is 1. The minimum absolute atomic E-state index is 0.0933. The zero-order valence-electron chi connectivity index (χ0n) is 9.99. The van der Waals surface area contributed by atoms with Crippen LogP contribution >= 0.6 is 11.8 Å². The molecule has 0 bridgehead atoms. The van der Waals surface area contributed by atoms with Crippen molar-refractivity contribution in [3.8, 4) is 0 Å². The van der Waals surface area contributed by atoms with Crippen LogP contribution in [0.15, 0.2) is 23.1 Å². The first-order valence-corrected chi connectivity index (χ1v) is 6.14. The molecule has 1 rings (SSSR count). The number of amides is 1. The van der Waals surface area contributed by atoms with Crippen molar-refractivity contribution in [2.75, 3.05) is 0 Å². The molecule has 1 amide bonds. The molecule has 0 heterocycles. The largest absolute Gasteiger partial charge is 0.392 e. The van der Waals surface area contributed by atoms with Crippen molar-refractivity contribution in [1.82, 2.24) is 0 Å². The smallest absolute Gasteiger partial charge is 0.283 e. The van der Waals surface area contributed by atoms with Gasteiger partial charge in [0.15, 0.2) is 0 Å². The van der Waals surface area contributed by atoms with E-state index in [2.05, 4.69) is 0 Å². The molecule has 1 aromatic carbocycles. The van der Waals surface area contributed by atoms with Gasteiger partial charge in [-0.1, -0.05) is 6.92 Å². The zero-order valence-corrected chi connectivity index (χ0v) is 10.8. The number of carbonyl (C=O) groups is 1. The average Bonchev–Trinajstić information content (AvgIpc) is 2.28. The van der Waals surface area contributed by atoms with E-state index >= 15 is 0 Å². The van der Waals surface area contributed by atoms with E-state index in [0.29, 0.717) is 4.90 Å². The van der Waals surface area contributed by atoms with Crippen molar-refractivity contribution in [3.05, 3.63) is 33.9 Å². The number of primary amides is 1. The summed E-state index contributed by atoms with van der Waals surface area (Å²) < 4.78 is 0. The second-order valence-corrected chi connectivity index (χ2v) is 5.29. The molecule has 6 nitrogen and oxygen atoms in total. The number of nitrogens with two attached hydrogens (primary N) is 1. The van der Waals surface area contributed by atoms with Crippen molar-refractivity contribution in [1.29, 1.82) is 0 Å². The van der Waals surface area contributed by atoms with Gasteiger partial charge in [0.05, 0.1) is 15.9 Å². The molecule has 3 N–H and O–H groups in total. The predicted molar refractivity (Wildman–Crippen MR) is 68.6 cm³/mol. The topological polar surface area (TPSA) is 106 Å². The number of hydrogen-bond acceptors (Lipinski definition) is 5. The average molecular weight is 270 g/mol. The fourth-order valence-corrected chi connectivity index (χ4v) is 2.21. The summed E-state index contributed by atoms with van der Waals surface area (Å²) in [4.78, 5) is 21.7. The Morgan fingerprint density at radius 1 is 1.50 bits per heavy atom. The molecule has 0 saturated heterocycles. The van der Waals surface area contributed by atoms with Gasteiger partial charge in [0.25, 0.3) is 5.69 Å². The van der Waals surface area contributed by atoms with E-state index in [1.165, 1.54) is 23.9 Å². The summed E-state index contributed by atoms with van der Waals surface area (Å²) >= 11 is 1.18. The highest BCUT2D eigenvalue weighted by Gasteiger charge is 2.20. The number of aliphatic hydroxyl groups excluding tert-OH is 1. The molecular formula is C11H14N2O4S. The van der Waals surface area contributed by atoms with E-state index in [0.717, 1.165) is 6.07 Å². The molecule has 0 aliphatic carbocycles. The third-order valence-electron chi connectivity index (χ3n) is 2.43. The Morgan fingerprint density at radius 3 is 2.56 bits per heavy atom. The van der Waals surface area contributed by atoms with E-state index in [-0.39, 0.29) is 16.5 Å². The van der Waals surface area contributed by atoms with E-state index in [1.807, 2.05) is 0 Å². The molecule has 2 atom stereocenters. The standard InChI is InChI=1S/C11H14N2O4S/c1-6(14)7(2)18-10-4-3-8(11(12)15)5-9(10)13(16)17/h3-7,14H,1-2H3,(H2,12,15). The minimum atomic E-state index is -0.710. The number of benzene rings is 1. The Hall–Kier alpha value is -1.60. The van der Waals surface area contributed by atoms with E-state index in [1.54, 1.807) is 13.8 Å². The maximum atomic E-state index is 11.0. The maximum Gasteiger partial charge on any atom is 0.283 e. The van der Waals surface area contributed by atoms with Crippen LogP contribution in [0.3, 0.4) is 0 Å². The fraction of sp³-hybridized carbons (Fsp3) is 0.364. The lowest BCUT2D eigenvalue weighted by Gasteiger charge is -2.14. The zero-order chi connectivity index (χ0) is 13.9. The minimum Gasteiger partial charge on any atom is -0.392 e. The van der Waals surface area contributed by atoms with E-state index in [9.17, 15) is 20.0 Å². The molecular weight excluding hydrogens is 256 g/mol. The maximum absolute atomic E-state index is 11.0. The van der Waals surface area contributed by atoms with Gasteiger partial charge in [-0.3, -0.25) is 14.9 Å². The monoisotopic (exact) mass is 270 g/mol. The molecule has 0 spiro atoms. The molecule has 7 heteroatoms. The van der Waals surface area contributed by atoms with Gasteiger partial charge in [0.2, 0.25) is 5.91 Å². The van der Waals surface area contributed by atoms with Gasteiger partial charge >= 0.3 is 0 Å². The Morgan fingerprint density at radius 2 is 2.11 bits per heavy atom. The highest BCUT2D eigenvalue weighted by atomic mass is 32.2. The highest BCUT2D eigenvalue weighted by Crippen LogP contribution is 2.33. The summed E-state index contributed by atoms with van der Waals surface area (Å²) in [6.45, 7) is 3.38. The number of nitrogens with zero attached hydrogens (tertiary/aromatic N) is 1. The predicted octanol–water partition coefficient (Wildman–Crippen LogP) is 1.56. The molecule has 0 radical (unpaired) electrons. The van der Waals surface area contributed by atoms with Crippen molar-refractivity contribution in [3.63, 3.8) is 0 Å². The van der Waals surface area contributed by atoms with Crippen LogP contribution in [-0.2, 0) is 0 Å². The van der Waals surface area contributed by atoms with Crippen LogP contribution in [0.2, 0.25) is 0 Å². The van der Waals surface area contributed by atoms with Gasteiger partial charge in [-0.25, -0.2) is 0 Å². The molecule has 98 valence electrons. The van der Waals surface area contributed by atoms with Crippen molar-refractivity contribution >= 4 is 23.4 Å². The second kappa shape index (κ2) is 5.83. The van der Waals surface area contributed by atoms with Gasteiger partial charge in [0.1, 0.15) is 0 Å². The summed E-state index contributed by atoms with van der Waals surface area (Å²) in [5, 5.41) is 20.1. The first-order valence-electron chi connectivity index (χ1n) is 5.26. The van der Waals surface area contributed by atoms with Crippen LogP contribution < -0.4 is 5.73 Å². The summed E-state index contributed by atoms with van der Waals surface area (Å²) in [5.74, 6) is -0.710. The number of rotatable bonds is 5. The summed E-state index contributed by atoms with van der Waals surface area (Å²) in [7, 11) is 0. The molecule has 0 aliphatic heterocycles. The van der Waals surface area contributed by atoms with E-state index in [4.69, 9.17) is 5.73 Å². The van der Waals surface area contributed by atoms with Crippen molar-refractivity contribution in [2.24, 2.45) is 5.73 Å². The third-order valence-corrected chi connectivity index (χ3v) is 3.80. The molecule has 1 aromatic rings. The fourth-order valence-electron chi connectivity index (χ4n) is 1.21. The van der Waals surface area contributed by atoms with Gasteiger partial charge in [-0.2, -0.15) is 0 Å². The quantitative estimate of drug-likeness (QED) is 0.479. The van der Waals surface area contributed by atoms with Gasteiger partial charge in [-0.05, 0) is 19.1 Å². The Bertz CT molecular complexity index is 476. The number of hydrogen-bond donors (Lipinski definition) is 2. The van der Waals surface area contributed by atoms with Crippen LogP contribution in [-0.4, -0.2) is 27.3 Å². The summed E-state index contributed by atoms with van der Waals surface area (Å²) in [5.41, 5.74) is 4.99. The molecule has 18 heavy (non-hydrogen) atoms. The molecule has 0 aliphatic rings. The normalized spacial score (nSPS) is 13.9. The van der Waals surface area contributed by atoms with Crippen LogP contribution in [0.4, 0.5) is 5.69 Å². The SMILES string of the molecule is CC(O)C(C)Sc1ccc(C(N)=O)cc1[N+](=O)[O-]. The van der Waals surface area contributed by atoms with Crippen molar-refractivity contribution < 1.29 is 14.8 Å². The lowest BCUT2D eigenvalue weighted by Crippen LogP contribution is -2.15.